The molecule has 0 saturated carbocycles. The van der Waals surface area contributed by atoms with Crippen molar-refractivity contribution in [2.45, 2.75) is 12.6 Å². The van der Waals surface area contributed by atoms with Crippen LogP contribution >= 0.6 is 23.2 Å². The lowest BCUT2D eigenvalue weighted by molar-refractivity contribution is -0.192. The number of H-pyrrole nitrogens is 1. The molecule has 0 spiro atoms. The number of carboxylic acid groups (broad SMARTS) is 1. The summed E-state index contributed by atoms with van der Waals surface area (Å²) in [5.41, 5.74) is 2.18. The third-order valence-corrected chi connectivity index (χ3v) is 7.82. The highest BCUT2D eigenvalue weighted by Gasteiger charge is 2.38. The van der Waals surface area contributed by atoms with Crippen LogP contribution in [0.5, 0.6) is 0 Å². The number of carbonyl (C=O) groups excluding carboxylic acids is 1. The topological polar surface area (TPSA) is 124 Å². The van der Waals surface area contributed by atoms with E-state index in [4.69, 9.17) is 33.1 Å². The fourth-order valence-electron chi connectivity index (χ4n) is 4.91. The van der Waals surface area contributed by atoms with Crippen LogP contribution in [0.3, 0.4) is 0 Å². The molecular weight excluding hydrogens is 643 g/mol. The molecule has 234 valence electrons. The Balaban J connectivity index is 0.000000515. The molecule has 1 saturated heterocycles. The molecule has 1 amide bonds. The summed E-state index contributed by atoms with van der Waals surface area (Å²) in [5, 5.41) is 8.55. The van der Waals surface area contributed by atoms with Gasteiger partial charge in [-0.05, 0) is 35.9 Å². The maximum atomic E-state index is 14.8. The fraction of sp³-hybridized carbons (Fsp3) is 0.207. The zero-order valence-electron chi connectivity index (χ0n) is 23.0. The van der Waals surface area contributed by atoms with Crippen molar-refractivity contribution in [1.82, 2.24) is 24.3 Å². The largest absolute Gasteiger partial charge is 0.490 e. The normalized spacial score (nSPS) is 13.6. The third-order valence-electron chi connectivity index (χ3n) is 7.06. The molecule has 0 unspecified atom stereocenters. The number of carboxylic acids is 1. The van der Waals surface area contributed by atoms with Crippen molar-refractivity contribution in [3.63, 3.8) is 0 Å². The summed E-state index contributed by atoms with van der Waals surface area (Å²) in [4.78, 5) is 49.7. The van der Waals surface area contributed by atoms with Crippen molar-refractivity contribution in [1.29, 1.82) is 0 Å². The lowest BCUT2D eigenvalue weighted by Crippen LogP contribution is -2.49. The monoisotopic (exact) mass is 664 g/mol. The van der Waals surface area contributed by atoms with E-state index >= 15 is 0 Å². The van der Waals surface area contributed by atoms with E-state index in [1.807, 2.05) is 24.3 Å². The number of aliphatic carboxylic acids is 1. The molecule has 2 N–H and O–H groups in total. The van der Waals surface area contributed by atoms with Gasteiger partial charge in [0.15, 0.2) is 0 Å². The standard InChI is InChI=1S/C27H21Cl2FN6O2.C2HF3O2/c28-20-13-23-26(37)31-14-17(36(23)24(20)29)11-16-5-6-21(30)19(12-16)27(38)35-9-7-34(8-10-35)25-18-3-1-2-4-22(18)32-15-33-25;3-2(4,5)1(6)7/h1-6,12-15H,7-11H2,(H,31,37);(H,6,7). The number of hydrogen-bond acceptors (Lipinski definition) is 6. The van der Waals surface area contributed by atoms with Crippen molar-refractivity contribution in [3.05, 3.63) is 104 Å². The Hall–Kier alpha value is -4.69. The molecule has 4 heterocycles. The molecule has 1 aliphatic rings. The van der Waals surface area contributed by atoms with Gasteiger partial charge in [0.1, 0.15) is 28.6 Å². The van der Waals surface area contributed by atoms with Gasteiger partial charge in [-0.3, -0.25) is 14.0 Å². The van der Waals surface area contributed by atoms with Gasteiger partial charge in [0.2, 0.25) is 0 Å². The maximum absolute atomic E-state index is 14.8. The van der Waals surface area contributed by atoms with E-state index in [0.29, 0.717) is 49.4 Å². The van der Waals surface area contributed by atoms with Gasteiger partial charge in [-0.15, -0.1) is 0 Å². The van der Waals surface area contributed by atoms with Crippen LogP contribution in [0.2, 0.25) is 10.2 Å². The predicted octanol–water partition coefficient (Wildman–Crippen LogP) is 5.20. The molecular formula is C29H22Cl2F4N6O4. The Bertz CT molecular complexity index is 1970. The van der Waals surface area contributed by atoms with Crippen molar-refractivity contribution in [2.24, 2.45) is 0 Å². The molecule has 3 aromatic heterocycles. The lowest BCUT2D eigenvalue weighted by atomic mass is 10.0. The van der Waals surface area contributed by atoms with E-state index in [1.165, 1.54) is 12.1 Å². The molecule has 10 nitrogen and oxygen atoms in total. The number of carbonyl (C=O) groups is 2. The van der Waals surface area contributed by atoms with E-state index in [9.17, 15) is 27.2 Å². The van der Waals surface area contributed by atoms with E-state index in [0.717, 1.165) is 16.7 Å². The number of para-hydroxylation sites is 1. The molecule has 0 bridgehead atoms. The van der Waals surface area contributed by atoms with Crippen molar-refractivity contribution >= 4 is 57.3 Å². The molecule has 1 aliphatic heterocycles. The Morgan fingerprint density at radius 3 is 2.38 bits per heavy atom. The average Bonchev–Trinajstić information content (AvgIpc) is 3.33. The first-order chi connectivity index (χ1) is 21.3. The number of rotatable bonds is 4. The SMILES string of the molecule is O=C(O)C(F)(F)F.O=C(c1cc(Cc2c[nH]c(=O)c3cc(Cl)c(Cl)n23)ccc1F)N1CCN(c2ncnc3ccccc23)CC1. The smallest absolute Gasteiger partial charge is 0.475 e. The van der Waals surface area contributed by atoms with Crippen LogP contribution in [0.1, 0.15) is 21.6 Å². The zero-order chi connectivity index (χ0) is 32.5. The van der Waals surface area contributed by atoms with Gasteiger partial charge in [-0.25, -0.2) is 19.2 Å². The average molecular weight is 665 g/mol. The molecule has 45 heavy (non-hydrogen) atoms. The van der Waals surface area contributed by atoms with Gasteiger partial charge >= 0.3 is 12.1 Å². The van der Waals surface area contributed by atoms with E-state index in [2.05, 4.69) is 19.9 Å². The van der Waals surface area contributed by atoms with Crippen LogP contribution in [0, 0.1) is 5.82 Å². The highest BCUT2D eigenvalue weighted by Crippen LogP contribution is 2.28. The van der Waals surface area contributed by atoms with E-state index in [1.54, 1.807) is 34.0 Å². The maximum Gasteiger partial charge on any atom is 0.490 e. The molecule has 16 heteroatoms. The summed E-state index contributed by atoms with van der Waals surface area (Å²) < 4.78 is 48.1. The number of aromatic amines is 1. The minimum Gasteiger partial charge on any atom is -0.475 e. The first-order valence-corrected chi connectivity index (χ1v) is 14.0. The number of alkyl halides is 3. The number of fused-ring (bicyclic) bond motifs is 2. The second-order valence-corrected chi connectivity index (χ2v) is 10.7. The Labute approximate surface area is 261 Å². The first-order valence-electron chi connectivity index (χ1n) is 13.2. The number of amides is 1. The summed E-state index contributed by atoms with van der Waals surface area (Å²) >= 11 is 12.5. The van der Waals surface area contributed by atoms with Crippen LogP contribution < -0.4 is 10.5 Å². The molecule has 0 atom stereocenters. The van der Waals surface area contributed by atoms with Gasteiger partial charge in [0, 0.05) is 49.9 Å². The Morgan fingerprint density at radius 1 is 1.00 bits per heavy atom. The number of piperazine rings is 1. The van der Waals surface area contributed by atoms with Crippen molar-refractivity contribution in [2.75, 3.05) is 31.1 Å². The number of halogens is 6. The Morgan fingerprint density at radius 2 is 1.69 bits per heavy atom. The number of hydrogen-bond donors (Lipinski definition) is 2. The van der Waals surface area contributed by atoms with Gasteiger partial charge in [-0.1, -0.05) is 41.4 Å². The summed E-state index contributed by atoms with van der Waals surface area (Å²) in [6.45, 7) is 1.99. The number of nitrogens with zero attached hydrogens (tertiary/aromatic N) is 5. The molecule has 0 aliphatic carbocycles. The molecule has 5 aromatic rings. The van der Waals surface area contributed by atoms with Gasteiger partial charge in [-0.2, -0.15) is 13.2 Å². The number of nitrogens with one attached hydrogen (secondary N) is 1. The van der Waals surface area contributed by atoms with Gasteiger partial charge in [0.25, 0.3) is 11.5 Å². The minimum atomic E-state index is -5.08. The molecule has 2 aromatic carbocycles. The third kappa shape index (κ3) is 6.71. The highest BCUT2D eigenvalue weighted by atomic mass is 35.5. The summed E-state index contributed by atoms with van der Waals surface area (Å²) in [5.74, 6) is -2.89. The van der Waals surface area contributed by atoms with Crippen LogP contribution in [0.4, 0.5) is 23.4 Å². The van der Waals surface area contributed by atoms with E-state index in [-0.39, 0.29) is 27.2 Å². The second kappa shape index (κ2) is 12.7. The Kier molecular flexibility index (Phi) is 8.98. The van der Waals surface area contributed by atoms with Gasteiger partial charge in [0.05, 0.1) is 16.1 Å². The molecule has 0 radical (unpaired) electrons. The van der Waals surface area contributed by atoms with E-state index < -0.39 is 18.0 Å². The summed E-state index contributed by atoms with van der Waals surface area (Å²) in [6.07, 6.45) is -1.70. The highest BCUT2D eigenvalue weighted by molar-refractivity contribution is 6.42. The first kappa shape index (κ1) is 31.7. The summed E-state index contributed by atoms with van der Waals surface area (Å²) in [7, 11) is 0. The van der Waals surface area contributed by atoms with Crippen molar-refractivity contribution < 1.29 is 32.3 Å². The van der Waals surface area contributed by atoms with Crippen LogP contribution in [-0.4, -0.2) is 73.6 Å². The number of benzene rings is 2. The molecule has 6 rings (SSSR count). The lowest BCUT2D eigenvalue weighted by Gasteiger charge is -2.35. The van der Waals surface area contributed by atoms with Crippen molar-refractivity contribution in [3.8, 4) is 0 Å². The zero-order valence-corrected chi connectivity index (χ0v) is 24.5. The van der Waals surface area contributed by atoms with Crippen LogP contribution in [-0.2, 0) is 11.2 Å². The predicted molar refractivity (Wildman–Crippen MR) is 159 cm³/mol. The fourth-order valence-corrected chi connectivity index (χ4v) is 5.35. The van der Waals surface area contributed by atoms with Crippen LogP contribution in [0.15, 0.2) is 65.8 Å². The van der Waals surface area contributed by atoms with Crippen LogP contribution in [0.25, 0.3) is 16.4 Å². The summed E-state index contributed by atoms with van der Waals surface area (Å²) in [6, 6.07) is 13.7. The molecule has 1 fully saturated rings. The van der Waals surface area contributed by atoms with Gasteiger partial charge < -0.3 is 19.9 Å². The minimum absolute atomic E-state index is 0.000685. The number of anilines is 1. The second-order valence-electron chi connectivity index (χ2n) is 9.90. The number of aromatic nitrogens is 4. The quantitative estimate of drug-likeness (QED) is 0.253.